The van der Waals surface area contributed by atoms with E-state index >= 15 is 0 Å². The van der Waals surface area contributed by atoms with Crippen LogP contribution in [-0.2, 0) is 16.2 Å². The number of fused-ring (bicyclic) bond motifs is 1. The van der Waals surface area contributed by atoms with Crippen LogP contribution in [-0.4, -0.2) is 23.3 Å². The number of nitrogens with zero attached hydrogens (tertiary/aromatic N) is 2. The normalized spacial score (nSPS) is 12.4. The highest BCUT2D eigenvalue weighted by Gasteiger charge is 2.36. The largest absolute Gasteiger partial charge is 0.435 e. The van der Waals surface area contributed by atoms with Gasteiger partial charge in [-0.15, -0.1) is 5.10 Å². The van der Waals surface area contributed by atoms with Crippen LogP contribution < -0.4 is 4.83 Å². The number of hydrogen-bond donors (Lipinski definition) is 2. The highest BCUT2D eigenvalue weighted by atomic mass is 32.2. The van der Waals surface area contributed by atoms with Gasteiger partial charge in [0.1, 0.15) is 5.82 Å². The molecule has 4 aromatic rings. The third-order valence-electron chi connectivity index (χ3n) is 4.17. The van der Waals surface area contributed by atoms with Crippen molar-refractivity contribution in [3.05, 3.63) is 72.3 Å². The molecule has 150 valence electrons. The van der Waals surface area contributed by atoms with Gasteiger partial charge in [0, 0.05) is 17.1 Å². The van der Waals surface area contributed by atoms with Crippen LogP contribution in [0.2, 0.25) is 0 Å². The maximum Gasteiger partial charge on any atom is 0.435 e. The average Bonchev–Trinajstić information content (AvgIpc) is 3.29. The SMILES string of the molecule is O=S(=O)(Nn1nc(C(F)(F)F)cc1-c1cc(F)c2[nH]ccc2c1)c1ccccc1. The Bertz CT molecular complexity index is 1290. The molecule has 2 aromatic heterocycles. The standard InChI is InChI=1S/C18H12F4N4O2S/c19-14-9-12(8-11-6-7-23-17(11)14)15-10-16(18(20,21)22)24-26(15)25-29(27,28)13-4-2-1-3-5-13/h1-10,23,25H. The summed E-state index contributed by atoms with van der Waals surface area (Å²) in [5, 5.41) is 3.75. The predicted octanol–water partition coefficient (Wildman–Crippen LogP) is 4.12. The fraction of sp³-hybridized carbons (Fsp3) is 0.0556. The van der Waals surface area contributed by atoms with Crippen LogP contribution in [0.3, 0.4) is 0 Å². The number of benzene rings is 2. The number of sulfonamides is 1. The van der Waals surface area contributed by atoms with Gasteiger partial charge in [0.05, 0.1) is 16.1 Å². The van der Waals surface area contributed by atoms with E-state index in [0.29, 0.717) is 16.2 Å². The number of nitrogens with one attached hydrogen (secondary N) is 2. The highest BCUT2D eigenvalue weighted by Crippen LogP contribution is 2.33. The maximum absolute atomic E-state index is 14.3. The molecule has 0 unspecified atom stereocenters. The van der Waals surface area contributed by atoms with Gasteiger partial charge < -0.3 is 4.98 Å². The van der Waals surface area contributed by atoms with Crippen molar-refractivity contribution < 1.29 is 26.0 Å². The Morgan fingerprint density at radius 2 is 1.76 bits per heavy atom. The van der Waals surface area contributed by atoms with Crippen molar-refractivity contribution in [1.29, 1.82) is 0 Å². The Balaban J connectivity index is 1.86. The molecule has 0 atom stereocenters. The van der Waals surface area contributed by atoms with E-state index in [0.717, 1.165) is 6.07 Å². The summed E-state index contributed by atoms with van der Waals surface area (Å²) < 4.78 is 79.0. The minimum Gasteiger partial charge on any atom is -0.359 e. The number of H-pyrrole nitrogens is 1. The van der Waals surface area contributed by atoms with E-state index in [1.807, 2.05) is 4.83 Å². The predicted molar refractivity (Wildman–Crippen MR) is 97.5 cm³/mol. The highest BCUT2D eigenvalue weighted by molar-refractivity contribution is 7.92. The summed E-state index contributed by atoms with van der Waals surface area (Å²) in [6.45, 7) is 0. The molecule has 29 heavy (non-hydrogen) atoms. The molecule has 11 heteroatoms. The number of halogens is 4. The molecule has 0 aliphatic heterocycles. The molecule has 0 spiro atoms. The van der Waals surface area contributed by atoms with Crippen molar-refractivity contribution in [3.8, 4) is 11.3 Å². The van der Waals surface area contributed by atoms with Gasteiger partial charge >= 0.3 is 6.18 Å². The summed E-state index contributed by atoms with van der Waals surface area (Å²) in [5.74, 6) is -0.699. The Kier molecular flexibility index (Phi) is 4.34. The minimum absolute atomic E-state index is 0.0216. The lowest BCUT2D eigenvalue weighted by molar-refractivity contribution is -0.141. The van der Waals surface area contributed by atoms with Gasteiger partial charge in [0.25, 0.3) is 10.0 Å². The summed E-state index contributed by atoms with van der Waals surface area (Å²) in [6, 6.07) is 11.7. The Morgan fingerprint density at radius 1 is 1.03 bits per heavy atom. The van der Waals surface area contributed by atoms with Crippen LogP contribution >= 0.6 is 0 Å². The maximum atomic E-state index is 14.3. The van der Waals surface area contributed by atoms with Crippen LogP contribution in [0.4, 0.5) is 17.6 Å². The van der Waals surface area contributed by atoms with Crippen LogP contribution in [0.15, 0.2) is 65.7 Å². The summed E-state index contributed by atoms with van der Waals surface area (Å²) in [4.78, 5) is 5.00. The Morgan fingerprint density at radius 3 is 2.45 bits per heavy atom. The van der Waals surface area contributed by atoms with Gasteiger partial charge in [0.15, 0.2) is 5.69 Å². The molecule has 0 saturated heterocycles. The summed E-state index contributed by atoms with van der Waals surface area (Å²) >= 11 is 0. The Hall–Kier alpha value is -3.34. The van der Waals surface area contributed by atoms with E-state index in [1.165, 1.54) is 36.5 Å². The quantitative estimate of drug-likeness (QED) is 0.484. The molecule has 2 aromatic carbocycles. The smallest absolute Gasteiger partial charge is 0.359 e. The summed E-state index contributed by atoms with van der Waals surface area (Å²) in [6.07, 6.45) is -3.34. The lowest BCUT2D eigenvalue weighted by Gasteiger charge is -2.11. The van der Waals surface area contributed by atoms with Gasteiger partial charge in [-0.25, -0.2) is 4.39 Å². The number of alkyl halides is 3. The molecule has 2 heterocycles. The van der Waals surface area contributed by atoms with Crippen LogP contribution in [0.25, 0.3) is 22.2 Å². The number of hydrogen-bond acceptors (Lipinski definition) is 3. The summed E-state index contributed by atoms with van der Waals surface area (Å²) in [7, 11) is -4.23. The third-order valence-corrected chi connectivity index (χ3v) is 5.47. The molecular weight excluding hydrogens is 412 g/mol. The second-order valence-electron chi connectivity index (χ2n) is 6.13. The second-order valence-corrected chi connectivity index (χ2v) is 7.79. The van der Waals surface area contributed by atoms with Crippen molar-refractivity contribution in [2.75, 3.05) is 4.83 Å². The van der Waals surface area contributed by atoms with Gasteiger partial charge in [0.2, 0.25) is 0 Å². The molecule has 6 nitrogen and oxygen atoms in total. The van der Waals surface area contributed by atoms with E-state index in [9.17, 15) is 26.0 Å². The first-order valence-corrected chi connectivity index (χ1v) is 9.65. The second kappa shape index (κ2) is 6.62. The first-order chi connectivity index (χ1) is 13.6. The van der Waals surface area contributed by atoms with Gasteiger partial charge in [-0.2, -0.15) is 31.2 Å². The monoisotopic (exact) mass is 424 g/mol. The lowest BCUT2D eigenvalue weighted by atomic mass is 10.1. The van der Waals surface area contributed by atoms with E-state index in [4.69, 9.17) is 0 Å². The first-order valence-electron chi connectivity index (χ1n) is 8.17. The average molecular weight is 424 g/mol. The molecule has 0 fully saturated rings. The van der Waals surface area contributed by atoms with Crippen molar-refractivity contribution in [1.82, 2.24) is 14.9 Å². The van der Waals surface area contributed by atoms with Crippen LogP contribution in [0.5, 0.6) is 0 Å². The molecule has 2 N–H and O–H groups in total. The van der Waals surface area contributed by atoms with E-state index in [-0.39, 0.29) is 21.7 Å². The van der Waals surface area contributed by atoms with Crippen molar-refractivity contribution in [2.24, 2.45) is 0 Å². The zero-order valence-corrected chi connectivity index (χ0v) is 15.2. The van der Waals surface area contributed by atoms with Crippen LogP contribution in [0, 0.1) is 5.82 Å². The molecule has 0 amide bonds. The fourth-order valence-electron chi connectivity index (χ4n) is 2.84. The molecule has 0 bridgehead atoms. The molecule has 0 radical (unpaired) electrons. The topological polar surface area (TPSA) is 79.8 Å². The molecule has 4 rings (SSSR count). The molecule has 0 aliphatic carbocycles. The van der Waals surface area contributed by atoms with E-state index in [1.54, 1.807) is 12.1 Å². The van der Waals surface area contributed by atoms with Gasteiger partial charge in [-0.3, -0.25) is 0 Å². The number of rotatable bonds is 4. The van der Waals surface area contributed by atoms with Gasteiger partial charge in [-0.05, 0) is 36.4 Å². The Labute approximate surface area is 161 Å². The number of aromatic amines is 1. The van der Waals surface area contributed by atoms with E-state index < -0.39 is 27.7 Å². The lowest BCUT2D eigenvalue weighted by Crippen LogP contribution is -2.25. The zero-order chi connectivity index (χ0) is 20.8. The fourth-order valence-corrected chi connectivity index (χ4v) is 3.82. The number of aromatic nitrogens is 3. The minimum atomic E-state index is -4.82. The third kappa shape index (κ3) is 3.56. The molecule has 0 aliphatic rings. The van der Waals surface area contributed by atoms with Gasteiger partial charge in [-0.1, -0.05) is 18.2 Å². The van der Waals surface area contributed by atoms with Crippen molar-refractivity contribution in [3.63, 3.8) is 0 Å². The zero-order valence-electron chi connectivity index (χ0n) is 14.4. The molecular formula is C18H12F4N4O2S. The molecule has 0 saturated carbocycles. The van der Waals surface area contributed by atoms with Crippen molar-refractivity contribution in [2.45, 2.75) is 11.1 Å². The van der Waals surface area contributed by atoms with E-state index in [2.05, 4.69) is 10.1 Å². The first kappa shape index (κ1) is 19.0. The van der Waals surface area contributed by atoms with Crippen LogP contribution in [0.1, 0.15) is 5.69 Å². The van der Waals surface area contributed by atoms with Crippen molar-refractivity contribution >= 4 is 20.9 Å². The summed E-state index contributed by atoms with van der Waals surface area (Å²) in [5.41, 5.74) is -1.38.